The SMILES string of the molecule is COCCCC(=O)N(C)c1ccc(N)cc1. The van der Waals surface area contributed by atoms with Crippen LogP contribution in [-0.2, 0) is 9.53 Å². The molecule has 0 aliphatic carbocycles. The lowest BCUT2D eigenvalue weighted by Gasteiger charge is -2.17. The Morgan fingerprint density at radius 3 is 2.56 bits per heavy atom. The Labute approximate surface area is 96.0 Å². The van der Waals surface area contributed by atoms with Crippen LogP contribution in [0.1, 0.15) is 12.8 Å². The summed E-state index contributed by atoms with van der Waals surface area (Å²) in [5, 5.41) is 0. The van der Waals surface area contributed by atoms with E-state index in [1.807, 2.05) is 12.1 Å². The molecule has 0 unspecified atom stereocenters. The Bertz CT molecular complexity index is 335. The normalized spacial score (nSPS) is 10.1. The van der Waals surface area contributed by atoms with Gasteiger partial charge in [-0.25, -0.2) is 0 Å². The van der Waals surface area contributed by atoms with Crippen molar-refractivity contribution >= 4 is 17.3 Å². The summed E-state index contributed by atoms with van der Waals surface area (Å²) in [6.45, 7) is 0.612. The Balaban J connectivity index is 2.53. The second-order valence-corrected chi connectivity index (χ2v) is 3.64. The summed E-state index contributed by atoms with van der Waals surface area (Å²) in [4.78, 5) is 13.4. The summed E-state index contributed by atoms with van der Waals surface area (Å²) in [6.07, 6.45) is 1.24. The van der Waals surface area contributed by atoms with Crippen molar-refractivity contribution in [3.05, 3.63) is 24.3 Å². The largest absolute Gasteiger partial charge is 0.399 e. The fourth-order valence-corrected chi connectivity index (χ4v) is 1.38. The molecule has 0 aromatic heterocycles. The predicted molar refractivity (Wildman–Crippen MR) is 65.4 cm³/mol. The Morgan fingerprint density at radius 1 is 1.38 bits per heavy atom. The zero-order valence-electron chi connectivity index (χ0n) is 9.77. The summed E-state index contributed by atoms with van der Waals surface area (Å²) < 4.78 is 4.91. The minimum absolute atomic E-state index is 0.0850. The van der Waals surface area contributed by atoms with Crippen molar-refractivity contribution in [3.8, 4) is 0 Å². The fourth-order valence-electron chi connectivity index (χ4n) is 1.38. The molecule has 0 heterocycles. The van der Waals surface area contributed by atoms with Gasteiger partial charge in [0.25, 0.3) is 0 Å². The third-order valence-corrected chi connectivity index (χ3v) is 2.39. The number of carbonyl (C=O) groups is 1. The Kier molecular flexibility index (Phi) is 4.79. The minimum atomic E-state index is 0.0850. The molecule has 0 fully saturated rings. The molecule has 4 heteroatoms. The van der Waals surface area contributed by atoms with Crippen LogP contribution in [0, 0.1) is 0 Å². The molecule has 1 amide bonds. The summed E-state index contributed by atoms with van der Waals surface area (Å²) >= 11 is 0. The molecule has 0 atom stereocenters. The number of benzene rings is 1. The highest BCUT2D eigenvalue weighted by atomic mass is 16.5. The molecule has 0 aliphatic heterocycles. The molecule has 16 heavy (non-hydrogen) atoms. The lowest BCUT2D eigenvalue weighted by atomic mass is 10.2. The minimum Gasteiger partial charge on any atom is -0.399 e. The molecule has 2 N–H and O–H groups in total. The molecule has 1 rings (SSSR count). The first-order valence-corrected chi connectivity index (χ1v) is 5.26. The maximum absolute atomic E-state index is 11.7. The van der Waals surface area contributed by atoms with Crippen molar-refractivity contribution in [2.75, 3.05) is 31.4 Å². The Hall–Kier alpha value is -1.55. The van der Waals surface area contributed by atoms with E-state index in [1.165, 1.54) is 0 Å². The van der Waals surface area contributed by atoms with Gasteiger partial charge in [0.05, 0.1) is 0 Å². The van der Waals surface area contributed by atoms with E-state index >= 15 is 0 Å². The number of methoxy groups -OCH3 is 1. The number of nitrogens with two attached hydrogens (primary N) is 1. The standard InChI is InChI=1S/C12H18N2O2/c1-14(12(15)4-3-9-16-2)11-7-5-10(13)6-8-11/h5-8H,3-4,9,13H2,1-2H3. The average molecular weight is 222 g/mol. The van der Waals surface area contributed by atoms with E-state index in [2.05, 4.69) is 0 Å². The van der Waals surface area contributed by atoms with Crippen LogP contribution in [0.2, 0.25) is 0 Å². The van der Waals surface area contributed by atoms with E-state index < -0.39 is 0 Å². The number of carbonyl (C=O) groups excluding carboxylic acids is 1. The number of ether oxygens (including phenoxy) is 1. The zero-order valence-corrected chi connectivity index (χ0v) is 9.77. The highest BCUT2D eigenvalue weighted by molar-refractivity contribution is 5.92. The van der Waals surface area contributed by atoms with Crippen LogP contribution in [0.5, 0.6) is 0 Å². The summed E-state index contributed by atoms with van der Waals surface area (Å²) in [6, 6.07) is 7.25. The van der Waals surface area contributed by atoms with Gasteiger partial charge >= 0.3 is 0 Å². The second kappa shape index (κ2) is 6.12. The maximum atomic E-state index is 11.7. The first-order valence-electron chi connectivity index (χ1n) is 5.26. The molecule has 0 aliphatic rings. The molecule has 1 aromatic rings. The van der Waals surface area contributed by atoms with Crippen molar-refractivity contribution in [2.24, 2.45) is 0 Å². The molecule has 0 spiro atoms. The van der Waals surface area contributed by atoms with Crippen molar-refractivity contribution in [1.29, 1.82) is 0 Å². The van der Waals surface area contributed by atoms with E-state index in [1.54, 1.807) is 31.2 Å². The van der Waals surface area contributed by atoms with Crippen LogP contribution < -0.4 is 10.6 Å². The molecular formula is C12H18N2O2. The molecule has 1 aromatic carbocycles. The van der Waals surface area contributed by atoms with Gasteiger partial charge in [-0.3, -0.25) is 4.79 Å². The predicted octanol–water partition coefficient (Wildman–Crippen LogP) is 1.66. The molecule has 88 valence electrons. The lowest BCUT2D eigenvalue weighted by molar-refractivity contribution is -0.118. The van der Waals surface area contributed by atoms with Gasteiger partial charge < -0.3 is 15.4 Å². The smallest absolute Gasteiger partial charge is 0.226 e. The lowest BCUT2D eigenvalue weighted by Crippen LogP contribution is -2.26. The molecule has 4 nitrogen and oxygen atoms in total. The van der Waals surface area contributed by atoms with Crippen LogP contribution in [0.25, 0.3) is 0 Å². The van der Waals surface area contributed by atoms with Gasteiger partial charge in [-0.15, -0.1) is 0 Å². The van der Waals surface area contributed by atoms with Crippen molar-refractivity contribution in [3.63, 3.8) is 0 Å². The number of nitrogen functional groups attached to an aromatic ring is 1. The van der Waals surface area contributed by atoms with Gasteiger partial charge in [0.2, 0.25) is 5.91 Å². The number of anilines is 2. The molecule has 0 saturated carbocycles. The molecule has 0 radical (unpaired) electrons. The number of hydrogen-bond acceptors (Lipinski definition) is 3. The molecular weight excluding hydrogens is 204 g/mol. The van der Waals surface area contributed by atoms with Crippen molar-refractivity contribution < 1.29 is 9.53 Å². The Morgan fingerprint density at radius 2 is 2.00 bits per heavy atom. The highest BCUT2D eigenvalue weighted by Crippen LogP contribution is 2.15. The van der Waals surface area contributed by atoms with Crippen LogP contribution in [0.15, 0.2) is 24.3 Å². The van der Waals surface area contributed by atoms with Gasteiger partial charge in [-0.1, -0.05) is 0 Å². The molecule has 0 saturated heterocycles. The summed E-state index contributed by atoms with van der Waals surface area (Å²) in [5.74, 6) is 0.0850. The number of hydrogen-bond donors (Lipinski definition) is 1. The van der Waals surface area contributed by atoms with E-state index in [4.69, 9.17) is 10.5 Å². The average Bonchev–Trinajstić information content (AvgIpc) is 2.29. The third kappa shape index (κ3) is 3.55. The third-order valence-electron chi connectivity index (χ3n) is 2.39. The topological polar surface area (TPSA) is 55.6 Å². The second-order valence-electron chi connectivity index (χ2n) is 3.64. The number of rotatable bonds is 5. The van der Waals surface area contributed by atoms with E-state index in [9.17, 15) is 4.79 Å². The van der Waals surface area contributed by atoms with Crippen molar-refractivity contribution in [1.82, 2.24) is 0 Å². The van der Waals surface area contributed by atoms with Gasteiger partial charge in [0.15, 0.2) is 0 Å². The highest BCUT2D eigenvalue weighted by Gasteiger charge is 2.09. The van der Waals surface area contributed by atoms with Gasteiger partial charge in [0.1, 0.15) is 0 Å². The quantitative estimate of drug-likeness (QED) is 0.609. The van der Waals surface area contributed by atoms with Gasteiger partial charge in [-0.2, -0.15) is 0 Å². The number of nitrogens with zero attached hydrogens (tertiary/aromatic N) is 1. The van der Waals surface area contributed by atoms with E-state index in [0.717, 1.165) is 12.1 Å². The van der Waals surface area contributed by atoms with Crippen molar-refractivity contribution in [2.45, 2.75) is 12.8 Å². The first kappa shape index (κ1) is 12.5. The van der Waals surface area contributed by atoms with Gasteiger partial charge in [0, 0.05) is 38.6 Å². The maximum Gasteiger partial charge on any atom is 0.226 e. The van der Waals surface area contributed by atoms with Crippen LogP contribution >= 0.6 is 0 Å². The van der Waals surface area contributed by atoms with Crippen LogP contribution in [0.4, 0.5) is 11.4 Å². The monoisotopic (exact) mass is 222 g/mol. The number of amides is 1. The first-order chi connectivity index (χ1) is 7.65. The zero-order chi connectivity index (χ0) is 12.0. The summed E-state index contributed by atoms with van der Waals surface area (Å²) in [5.41, 5.74) is 7.14. The van der Waals surface area contributed by atoms with E-state index in [-0.39, 0.29) is 5.91 Å². The fraction of sp³-hybridized carbons (Fsp3) is 0.417. The van der Waals surface area contributed by atoms with Crippen LogP contribution in [0.3, 0.4) is 0 Å². The summed E-state index contributed by atoms with van der Waals surface area (Å²) in [7, 11) is 3.40. The van der Waals surface area contributed by atoms with E-state index in [0.29, 0.717) is 18.7 Å². The molecule has 0 bridgehead atoms. The van der Waals surface area contributed by atoms with Crippen LogP contribution in [-0.4, -0.2) is 26.7 Å². The van der Waals surface area contributed by atoms with Gasteiger partial charge in [-0.05, 0) is 30.7 Å².